The standard InChI is InChI=1S/C32H40N8O2.C27H42N5O2.CH3/c1-3-4-14-28-39-29-30(26-12-5-6-13-27(26)38-31(29)34)40(28)18-8-7-16-35-32(36-17-20-42-19-15-23(2)41)37-25-11-9-10-24(21-25)22-33;1-5-6-11-24-30-25-22-13-12-21(19-23(22)29-27(28)26(25)31-24)10-8-7-9-15-32(3,4)16-18-34-17-14-20(2)33;/h5-6,9-13,21H,3-4,7-8,14-20H2,1-2H3,(H2,34,38)(H2,35,36,37);12-13,19H,5-11,14-18H2,1-4H3,(H2,28,29)(H,30,31);1H3/q;+1;-1. The molecule has 0 radical (unpaired) electrons. The monoisotopic (exact) mass is 1050 g/mol. The van der Waals surface area contributed by atoms with Crippen molar-refractivity contribution in [1.29, 1.82) is 5.26 Å². The number of fused-ring (bicyclic) bond motifs is 6. The molecule has 7 rings (SSSR count). The van der Waals surface area contributed by atoms with E-state index in [9.17, 15) is 14.9 Å². The molecular formula is C60H85N13O4. The number of nitrogens with one attached hydrogen (secondary N) is 3. The number of nitriles is 1. The average molecular weight is 1050 g/mol. The van der Waals surface area contributed by atoms with Crippen LogP contribution in [0.1, 0.15) is 121 Å². The van der Waals surface area contributed by atoms with Gasteiger partial charge in [0.1, 0.15) is 52.1 Å². The van der Waals surface area contributed by atoms with Crippen LogP contribution in [-0.4, -0.2) is 118 Å². The van der Waals surface area contributed by atoms with E-state index in [0.29, 0.717) is 75.5 Å². The Morgan fingerprint density at radius 3 is 2.23 bits per heavy atom. The number of aryl methyl sites for hydroxylation is 4. The van der Waals surface area contributed by atoms with Crippen molar-refractivity contribution in [2.24, 2.45) is 4.99 Å². The van der Waals surface area contributed by atoms with Crippen molar-refractivity contribution >= 4 is 78.7 Å². The van der Waals surface area contributed by atoms with E-state index in [1.54, 1.807) is 26.0 Å². The van der Waals surface area contributed by atoms with Crippen LogP contribution in [0.25, 0.3) is 43.9 Å². The van der Waals surface area contributed by atoms with Gasteiger partial charge in [0.05, 0.1) is 75.3 Å². The molecule has 0 aliphatic rings. The first-order valence-electron chi connectivity index (χ1n) is 27.4. The number of anilines is 3. The van der Waals surface area contributed by atoms with E-state index in [2.05, 4.69) is 88.4 Å². The quantitative estimate of drug-likeness (QED) is 0.00928. The average Bonchev–Trinajstić information content (AvgIpc) is 4.01. The SMILES string of the molecule is CCCCc1nc2c(N)nc3ccccc3c2n1CCCCN=C(NCCOCCC(C)=O)Nc1cccc(C#N)c1.CCCCc1nc2c([nH]1)c(N)nc1cc(CCCCC[N+](C)(C)CCOCCC(C)=O)ccc12.[CH3-]. The lowest BCUT2D eigenvalue weighted by Gasteiger charge is -2.29. The molecule has 0 unspecified atom stereocenters. The van der Waals surface area contributed by atoms with Crippen LogP contribution < -0.4 is 22.1 Å². The molecule has 0 saturated carbocycles. The molecule has 0 bridgehead atoms. The Labute approximate surface area is 456 Å². The first kappa shape index (κ1) is 60.9. The molecule has 0 spiro atoms. The minimum atomic E-state index is 0. The summed E-state index contributed by atoms with van der Waals surface area (Å²) in [5.74, 6) is 3.95. The van der Waals surface area contributed by atoms with E-state index >= 15 is 0 Å². The normalized spacial score (nSPS) is 11.7. The summed E-state index contributed by atoms with van der Waals surface area (Å²) in [6.45, 7) is 13.7. The molecule has 0 amide bonds. The number of para-hydroxylation sites is 1. The Bertz CT molecular complexity index is 3060. The lowest BCUT2D eigenvalue weighted by atomic mass is 10.0. The highest BCUT2D eigenvalue weighted by molar-refractivity contribution is 6.07. The minimum Gasteiger partial charge on any atom is -0.382 e. The molecule has 7 N–H and O–H groups in total. The molecule has 17 nitrogen and oxygen atoms in total. The van der Waals surface area contributed by atoms with Gasteiger partial charge in [-0.05, 0) is 101 Å². The minimum absolute atomic E-state index is 0. The molecule has 4 heterocycles. The Morgan fingerprint density at radius 1 is 0.740 bits per heavy atom. The van der Waals surface area contributed by atoms with Crippen LogP contribution in [0.4, 0.5) is 17.3 Å². The summed E-state index contributed by atoms with van der Waals surface area (Å²) in [6.07, 6.45) is 13.5. The summed E-state index contributed by atoms with van der Waals surface area (Å²) >= 11 is 0. The van der Waals surface area contributed by atoms with Crippen molar-refractivity contribution in [3.05, 3.63) is 96.9 Å². The maximum atomic E-state index is 11.1. The number of aromatic amines is 1. The number of likely N-dealkylation sites (N-methyl/N-ethyl adjacent to an activating group) is 1. The number of hydrogen-bond donors (Lipinski definition) is 5. The van der Waals surface area contributed by atoms with Gasteiger partial charge in [0.15, 0.2) is 11.8 Å². The van der Waals surface area contributed by atoms with Crippen molar-refractivity contribution in [1.82, 2.24) is 34.8 Å². The number of ketones is 2. The number of carbonyl (C=O) groups excluding carboxylic acids is 2. The van der Waals surface area contributed by atoms with E-state index in [1.807, 2.05) is 30.3 Å². The Balaban J connectivity index is 0.000000287. The van der Waals surface area contributed by atoms with Crippen molar-refractivity contribution in [2.75, 3.05) is 83.5 Å². The number of nitrogens with two attached hydrogens (primary N) is 2. The van der Waals surface area contributed by atoms with Crippen molar-refractivity contribution in [3.8, 4) is 6.07 Å². The number of quaternary nitrogens is 1. The van der Waals surface area contributed by atoms with E-state index in [0.717, 1.165) is 150 Å². The number of pyridine rings is 2. The second-order valence-electron chi connectivity index (χ2n) is 20.4. The van der Waals surface area contributed by atoms with E-state index in [1.165, 1.54) is 18.4 Å². The maximum absolute atomic E-state index is 11.1. The second-order valence-corrected chi connectivity index (χ2v) is 20.4. The highest BCUT2D eigenvalue weighted by Gasteiger charge is 2.18. The van der Waals surface area contributed by atoms with E-state index in [4.69, 9.17) is 35.9 Å². The molecule has 414 valence electrons. The molecule has 0 atom stereocenters. The number of hydrogen-bond acceptors (Lipinski definition) is 12. The Kier molecular flexibility index (Phi) is 24.7. The van der Waals surface area contributed by atoms with Gasteiger partial charge in [-0.3, -0.25) is 14.6 Å². The number of H-pyrrole nitrogens is 1. The molecule has 0 fully saturated rings. The first-order valence-corrected chi connectivity index (χ1v) is 27.4. The Hall–Kier alpha value is -7.00. The summed E-state index contributed by atoms with van der Waals surface area (Å²) in [7, 11) is 4.49. The number of ether oxygens (including phenoxy) is 2. The number of carbonyl (C=O) groups is 2. The van der Waals surface area contributed by atoms with Gasteiger partial charge in [-0.1, -0.05) is 63.1 Å². The van der Waals surface area contributed by atoms with Gasteiger partial charge < -0.3 is 53.0 Å². The zero-order valence-electron chi connectivity index (χ0n) is 47.0. The van der Waals surface area contributed by atoms with E-state index < -0.39 is 0 Å². The predicted octanol–water partition coefficient (Wildman–Crippen LogP) is 10.5. The fourth-order valence-corrected chi connectivity index (χ4v) is 9.01. The maximum Gasteiger partial charge on any atom is 0.195 e. The number of guanidine groups is 1. The molecule has 17 heteroatoms. The Morgan fingerprint density at radius 2 is 1.48 bits per heavy atom. The highest BCUT2D eigenvalue weighted by atomic mass is 16.5. The number of unbranched alkanes of at least 4 members (excludes halogenated alkanes) is 5. The molecular weight excluding hydrogens is 967 g/mol. The number of rotatable bonds is 30. The van der Waals surface area contributed by atoms with E-state index in [-0.39, 0.29) is 19.0 Å². The first-order chi connectivity index (χ1) is 36.8. The van der Waals surface area contributed by atoms with Crippen LogP contribution in [0.3, 0.4) is 0 Å². The lowest BCUT2D eigenvalue weighted by molar-refractivity contribution is -0.891. The zero-order chi connectivity index (χ0) is 54.3. The summed E-state index contributed by atoms with van der Waals surface area (Å²) in [4.78, 5) is 49.2. The third kappa shape index (κ3) is 18.9. The number of aromatic nitrogens is 6. The zero-order valence-corrected chi connectivity index (χ0v) is 47.0. The van der Waals surface area contributed by atoms with Crippen LogP contribution in [0.5, 0.6) is 0 Å². The van der Waals surface area contributed by atoms with Gasteiger partial charge in [-0.15, -0.1) is 0 Å². The molecule has 3 aromatic carbocycles. The van der Waals surface area contributed by atoms with Gasteiger partial charge in [0, 0.05) is 61.8 Å². The van der Waals surface area contributed by atoms with Gasteiger partial charge in [-0.25, -0.2) is 19.9 Å². The smallest absolute Gasteiger partial charge is 0.195 e. The fourth-order valence-electron chi connectivity index (χ4n) is 9.01. The van der Waals surface area contributed by atoms with Gasteiger partial charge >= 0.3 is 0 Å². The molecule has 0 saturated heterocycles. The summed E-state index contributed by atoms with van der Waals surface area (Å²) < 4.78 is 14.4. The molecule has 77 heavy (non-hydrogen) atoms. The number of benzene rings is 3. The lowest BCUT2D eigenvalue weighted by Crippen LogP contribution is -2.43. The number of imidazole rings is 2. The summed E-state index contributed by atoms with van der Waals surface area (Å²) in [5, 5.41) is 18.0. The van der Waals surface area contributed by atoms with Crippen LogP contribution in [0.15, 0.2) is 71.7 Å². The number of Topliss-reactive ketones (excluding diaryl/α,β-unsaturated/α-hetero) is 2. The molecule has 0 aliphatic carbocycles. The second kappa shape index (κ2) is 31.3. The number of aliphatic imine (C=N–C) groups is 1. The largest absolute Gasteiger partial charge is 0.382 e. The van der Waals surface area contributed by atoms with Gasteiger partial charge in [0.2, 0.25) is 0 Å². The summed E-state index contributed by atoms with van der Waals surface area (Å²) in [6, 6.07) is 24.1. The number of nitrogen functional groups attached to an aromatic ring is 2. The van der Waals surface area contributed by atoms with Crippen LogP contribution in [0, 0.1) is 18.8 Å². The molecule has 4 aromatic heterocycles. The fraction of sp³-hybridized carbons (Fsp3) is 0.483. The van der Waals surface area contributed by atoms with Crippen molar-refractivity contribution < 1.29 is 23.5 Å². The molecule has 7 aromatic rings. The highest BCUT2D eigenvalue weighted by Crippen LogP contribution is 2.31. The molecule has 0 aliphatic heterocycles. The van der Waals surface area contributed by atoms with Gasteiger partial charge in [-0.2, -0.15) is 5.26 Å². The van der Waals surface area contributed by atoms with Gasteiger partial charge in [0.25, 0.3) is 0 Å². The summed E-state index contributed by atoms with van der Waals surface area (Å²) in [5.41, 5.74) is 20.7. The third-order valence-corrected chi connectivity index (χ3v) is 13.4. The van der Waals surface area contributed by atoms with Crippen molar-refractivity contribution in [3.63, 3.8) is 0 Å². The topological polar surface area (TPSA) is 237 Å². The number of nitrogens with zero attached hydrogens (tertiary/aromatic N) is 8. The third-order valence-electron chi connectivity index (χ3n) is 13.4. The predicted molar refractivity (Wildman–Crippen MR) is 315 cm³/mol. The van der Waals surface area contributed by atoms with Crippen LogP contribution in [-0.2, 0) is 44.9 Å². The van der Waals surface area contributed by atoms with Crippen molar-refractivity contribution in [2.45, 2.75) is 124 Å². The van der Waals surface area contributed by atoms with Crippen LogP contribution >= 0.6 is 0 Å². The van der Waals surface area contributed by atoms with Crippen LogP contribution in [0.2, 0.25) is 0 Å².